The third-order valence-corrected chi connectivity index (χ3v) is 4.33. The van der Waals surface area contributed by atoms with E-state index in [-0.39, 0.29) is 18.3 Å². The van der Waals surface area contributed by atoms with E-state index in [1.54, 1.807) is 12.1 Å². The predicted octanol–water partition coefficient (Wildman–Crippen LogP) is 3.14. The molecule has 1 fully saturated rings. The first-order valence-corrected chi connectivity index (χ1v) is 8.46. The van der Waals surface area contributed by atoms with Crippen LogP contribution in [0.5, 0.6) is 0 Å². The third-order valence-electron chi connectivity index (χ3n) is 4.33. The Hall–Kier alpha value is -3.48. The molecule has 1 unspecified atom stereocenters. The number of amides is 3. The van der Waals surface area contributed by atoms with Crippen molar-refractivity contribution in [3.8, 4) is 11.5 Å². The van der Waals surface area contributed by atoms with Gasteiger partial charge in [0, 0.05) is 12.0 Å². The van der Waals surface area contributed by atoms with E-state index in [4.69, 9.17) is 4.42 Å². The predicted molar refractivity (Wildman–Crippen MR) is 94.9 cm³/mol. The minimum Gasteiger partial charge on any atom is -0.444 e. The van der Waals surface area contributed by atoms with Crippen molar-refractivity contribution in [3.63, 3.8) is 0 Å². The summed E-state index contributed by atoms with van der Waals surface area (Å²) in [7, 11) is 0. The molecule has 136 valence electrons. The van der Waals surface area contributed by atoms with E-state index >= 15 is 0 Å². The molecule has 1 atom stereocenters. The number of oxazole rings is 1. The lowest BCUT2D eigenvalue weighted by Gasteiger charge is -2.11. The summed E-state index contributed by atoms with van der Waals surface area (Å²) < 4.78 is 18.7. The maximum Gasteiger partial charge on any atom is 0.325 e. The number of carbonyl (C=O) groups excluding carboxylic acids is 2. The fourth-order valence-electron chi connectivity index (χ4n) is 3.01. The molecular formula is C20H16FN3O3. The van der Waals surface area contributed by atoms with Gasteiger partial charge >= 0.3 is 6.03 Å². The Balaban J connectivity index is 1.46. The molecule has 1 N–H and O–H groups in total. The number of hydrogen-bond acceptors (Lipinski definition) is 4. The Morgan fingerprint density at radius 2 is 1.93 bits per heavy atom. The first-order chi connectivity index (χ1) is 13.1. The maximum atomic E-state index is 13.3. The molecule has 2 heterocycles. The van der Waals surface area contributed by atoms with Crippen LogP contribution in [0.2, 0.25) is 0 Å². The van der Waals surface area contributed by atoms with E-state index in [1.807, 2.05) is 30.3 Å². The van der Waals surface area contributed by atoms with Gasteiger partial charge in [-0.3, -0.25) is 9.69 Å². The Bertz CT molecular complexity index is 987. The quantitative estimate of drug-likeness (QED) is 0.705. The molecule has 4 rings (SSSR count). The molecular weight excluding hydrogens is 349 g/mol. The highest BCUT2D eigenvalue weighted by molar-refractivity contribution is 6.04. The number of aromatic nitrogens is 1. The van der Waals surface area contributed by atoms with E-state index < -0.39 is 17.9 Å². The third kappa shape index (κ3) is 3.57. The van der Waals surface area contributed by atoms with Crippen molar-refractivity contribution < 1.29 is 18.4 Å². The average molecular weight is 365 g/mol. The summed E-state index contributed by atoms with van der Waals surface area (Å²) in [6.07, 6.45) is 1.79. The minimum atomic E-state index is -0.602. The number of hydrogen-bond donors (Lipinski definition) is 1. The number of nitrogens with one attached hydrogen (secondary N) is 1. The molecule has 7 heteroatoms. The number of urea groups is 1. The number of rotatable bonds is 5. The molecule has 0 aliphatic carbocycles. The van der Waals surface area contributed by atoms with Crippen LogP contribution in [-0.4, -0.2) is 27.9 Å². The van der Waals surface area contributed by atoms with Gasteiger partial charge in [0.25, 0.3) is 5.91 Å². The van der Waals surface area contributed by atoms with Crippen molar-refractivity contribution in [2.45, 2.75) is 19.0 Å². The number of nitrogens with zero attached hydrogens (tertiary/aromatic N) is 2. The lowest BCUT2D eigenvalue weighted by atomic mass is 10.1. The molecule has 0 radical (unpaired) electrons. The van der Waals surface area contributed by atoms with Gasteiger partial charge in [0.05, 0.1) is 12.2 Å². The summed E-state index contributed by atoms with van der Waals surface area (Å²) in [4.78, 5) is 30.1. The molecule has 0 bridgehead atoms. The zero-order chi connectivity index (χ0) is 18.8. The Kier molecular flexibility index (Phi) is 4.42. The van der Waals surface area contributed by atoms with Crippen LogP contribution in [0.3, 0.4) is 0 Å². The molecule has 27 heavy (non-hydrogen) atoms. The second kappa shape index (κ2) is 7.03. The van der Waals surface area contributed by atoms with Crippen molar-refractivity contribution in [2.75, 3.05) is 0 Å². The molecule has 0 saturated carbocycles. The topological polar surface area (TPSA) is 75.4 Å². The smallest absolute Gasteiger partial charge is 0.325 e. The summed E-state index contributed by atoms with van der Waals surface area (Å²) in [5, 5.41) is 2.70. The van der Waals surface area contributed by atoms with E-state index in [9.17, 15) is 14.0 Å². The Morgan fingerprint density at radius 1 is 1.11 bits per heavy atom. The van der Waals surface area contributed by atoms with Crippen molar-refractivity contribution in [3.05, 3.63) is 77.9 Å². The second-order valence-corrected chi connectivity index (χ2v) is 6.27. The number of benzene rings is 2. The second-order valence-electron chi connectivity index (χ2n) is 6.27. The monoisotopic (exact) mass is 365 g/mol. The van der Waals surface area contributed by atoms with Crippen LogP contribution < -0.4 is 5.32 Å². The standard InChI is InChI=1S/C20H16FN3O3/c21-15-8-4-7-14(10-15)18-22-16(12-27-18)11-24-19(25)17(23-20(24)26)9-13-5-2-1-3-6-13/h1-8,10,12,17H,9,11H2,(H,23,26). The van der Waals surface area contributed by atoms with E-state index in [0.29, 0.717) is 17.7 Å². The van der Waals surface area contributed by atoms with E-state index in [2.05, 4.69) is 10.3 Å². The highest BCUT2D eigenvalue weighted by atomic mass is 19.1. The van der Waals surface area contributed by atoms with Crippen LogP contribution in [0, 0.1) is 5.82 Å². The molecule has 3 aromatic rings. The maximum absolute atomic E-state index is 13.3. The zero-order valence-electron chi connectivity index (χ0n) is 14.3. The van der Waals surface area contributed by atoms with Gasteiger partial charge in [0.2, 0.25) is 5.89 Å². The van der Waals surface area contributed by atoms with Crippen LogP contribution in [0.15, 0.2) is 65.3 Å². The lowest BCUT2D eigenvalue weighted by Crippen LogP contribution is -2.32. The fourth-order valence-corrected chi connectivity index (χ4v) is 3.01. The van der Waals surface area contributed by atoms with Crippen LogP contribution >= 0.6 is 0 Å². The fraction of sp³-hybridized carbons (Fsp3) is 0.150. The van der Waals surface area contributed by atoms with Crippen LogP contribution in [0.1, 0.15) is 11.3 Å². The number of carbonyl (C=O) groups is 2. The molecule has 6 nitrogen and oxygen atoms in total. The average Bonchev–Trinajstić information content (AvgIpc) is 3.23. The SMILES string of the molecule is O=C1NC(Cc2ccccc2)C(=O)N1Cc1coc(-c2cccc(F)c2)n1. The Morgan fingerprint density at radius 3 is 2.70 bits per heavy atom. The Labute approximate surface area is 154 Å². The summed E-state index contributed by atoms with van der Waals surface area (Å²) in [5.41, 5.74) is 1.87. The van der Waals surface area contributed by atoms with E-state index in [0.717, 1.165) is 10.5 Å². The summed E-state index contributed by atoms with van der Waals surface area (Å²) >= 11 is 0. The van der Waals surface area contributed by atoms with Gasteiger partial charge in [0.1, 0.15) is 18.1 Å². The molecule has 1 aliphatic heterocycles. The summed E-state index contributed by atoms with van der Waals surface area (Å²) in [6.45, 7) is -0.00519. The minimum absolute atomic E-state index is 0.00519. The van der Waals surface area contributed by atoms with Gasteiger partial charge in [-0.25, -0.2) is 14.2 Å². The summed E-state index contributed by atoms with van der Waals surface area (Å²) in [5.74, 6) is -0.471. The highest BCUT2D eigenvalue weighted by Crippen LogP contribution is 2.21. The van der Waals surface area contributed by atoms with Crippen molar-refractivity contribution in [1.29, 1.82) is 0 Å². The molecule has 2 aromatic carbocycles. The number of halogens is 1. The van der Waals surface area contributed by atoms with Gasteiger partial charge in [-0.1, -0.05) is 36.4 Å². The normalized spacial score (nSPS) is 16.6. The molecule has 3 amide bonds. The van der Waals surface area contributed by atoms with Gasteiger partial charge in [-0.2, -0.15) is 0 Å². The molecule has 0 spiro atoms. The van der Waals surface area contributed by atoms with Gasteiger partial charge in [0.15, 0.2) is 0 Å². The van der Waals surface area contributed by atoms with Gasteiger partial charge < -0.3 is 9.73 Å². The van der Waals surface area contributed by atoms with Crippen LogP contribution in [-0.2, 0) is 17.8 Å². The molecule has 1 saturated heterocycles. The zero-order valence-corrected chi connectivity index (χ0v) is 14.3. The highest BCUT2D eigenvalue weighted by Gasteiger charge is 2.38. The van der Waals surface area contributed by atoms with Crippen molar-refractivity contribution in [2.24, 2.45) is 0 Å². The van der Waals surface area contributed by atoms with Gasteiger partial charge in [-0.15, -0.1) is 0 Å². The molecule has 1 aromatic heterocycles. The largest absolute Gasteiger partial charge is 0.444 e. The molecule has 1 aliphatic rings. The van der Waals surface area contributed by atoms with Crippen LogP contribution in [0.25, 0.3) is 11.5 Å². The first-order valence-electron chi connectivity index (χ1n) is 8.46. The number of imide groups is 1. The van der Waals surface area contributed by atoms with Crippen molar-refractivity contribution >= 4 is 11.9 Å². The summed E-state index contributed by atoms with van der Waals surface area (Å²) in [6, 6.07) is 14.3. The van der Waals surface area contributed by atoms with Gasteiger partial charge in [-0.05, 0) is 23.8 Å². The van der Waals surface area contributed by atoms with E-state index in [1.165, 1.54) is 18.4 Å². The van der Waals surface area contributed by atoms with Crippen molar-refractivity contribution in [1.82, 2.24) is 15.2 Å². The lowest BCUT2D eigenvalue weighted by molar-refractivity contribution is -0.127. The first kappa shape index (κ1) is 17.0. The van der Waals surface area contributed by atoms with Crippen LogP contribution in [0.4, 0.5) is 9.18 Å².